The molecule has 3 aromatic rings. The quantitative estimate of drug-likeness (QED) is 0.273. The van der Waals surface area contributed by atoms with Gasteiger partial charge in [0, 0.05) is 47.9 Å². The zero-order valence-electron chi connectivity index (χ0n) is 25.7. The van der Waals surface area contributed by atoms with Gasteiger partial charge in [-0.3, -0.25) is 9.59 Å². The first-order valence-corrected chi connectivity index (χ1v) is 18.5. The molecule has 0 spiro atoms. The highest BCUT2D eigenvalue weighted by Crippen LogP contribution is 2.36. The molecule has 3 saturated heterocycles. The minimum atomic E-state index is -3.54. The Labute approximate surface area is 272 Å². The maximum atomic E-state index is 14.1. The van der Waals surface area contributed by atoms with Crippen LogP contribution in [0, 0.1) is 12.7 Å². The number of amides is 2. The van der Waals surface area contributed by atoms with Crippen LogP contribution in [0.1, 0.15) is 79.5 Å². The number of aliphatic hydroxyl groups is 1. The summed E-state index contributed by atoms with van der Waals surface area (Å²) >= 11 is 1.51. The lowest BCUT2D eigenvalue weighted by Gasteiger charge is -2.29. The molecule has 3 aliphatic heterocycles. The van der Waals surface area contributed by atoms with E-state index in [0.29, 0.717) is 24.2 Å². The van der Waals surface area contributed by atoms with Gasteiger partial charge in [-0.25, -0.2) is 17.8 Å². The molecule has 13 heteroatoms. The lowest BCUT2D eigenvalue weighted by atomic mass is 9.94. The first-order chi connectivity index (χ1) is 22.1. The Morgan fingerprint density at radius 2 is 1.98 bits per heavy atom. The minimum Gasteiger partial charge on any atom is -0.389 e. The van der Waals surface area contributed by atoms with Gasteiger partial charge in [0.25, 0.3) is 11.8 Å². The van der Waals surface area contributed by atoms with Crippen molar-refractivity contribution >= 4 is 33.0 Å². The minimum absolute atomic E-state index is 0.0503. The van der Waals surface area contributed by atoms with E-state index in [-0.39, 0.29) is 47.8 Å². The van der Waals surface area contributed by atoms with Gasteiger partial charge in [0.1, 0.15) is 10.8 Å². The van der Waals surface area contributed by atoms with Crippen molar-refractivity contribution in [2.75, 3.05) is 31.9 Å². The van der Waals surface area contributed by atoms with Crippen molar-refractivity contribution in [1.82, 2.24) is 25.8 Å². The van der Waals surface area contributed by atoms with Gasteiger partial charge in [0.15, 0.2) is 9.84 Å². The molecule has 246 valence electrons. The Balaban J connectivity index is 1.34. The first-order valence-electron chi connectivity index (χ1n) is 15.9. The fourth-order valence-electron chi connectivity index (χ4n) is 6.80. The highest BCUT2D eigenvalue weighted by Gasteiger charge is 2.36. The second-order valence-electron chi connectivity index (χ2n) is 12.5. The number of thiazole rings is 1. The van der Waals surface area contributed by atoms with Gasteiger partial charge >= 0.3 is 0 Å². The fourth-order valence-corrected chi connectivity index (χ4v) is 9.38. The third-order valence-corrected chi connectivity index (χ3v) is 12.3. The number of benzene rings is 2. The van der Waals surface area contributed by atoms with E-state index < -0.39 is 39.0 Å². The van der Waals surface area contributed by atoms with Gasteiger partial charge in [-0.1, -0.05) is 12.1 Å². The molecule has 5 atom stereocenters. The molecule has 2 aromatic carbocycles. The van der Waals surface area contributed by atoms with Gasteiger partial charge in [0.05, 0.1) is 29.2 Å². The highest BCUT2D eigenvalue weighted by molar-refractivity contribution is 7.91. The Morgan fingerprint density at radius 3 is 2.70 bits per heavy atom. The summed E-state index contributed by atoms with van der Waals surface area (Å²) in [5.41, 5.74) is 2.21. The van der Waals surface area contributed by atoms with Gasteiger partial charge < -0.3 is 26.0 Å². The summed E-state index contributed by atoms with van der Waals surface area (Å²) in [6.07, 6.45) is 2.40. The van der Waals surface area contributed by atoms with E-state index in [9.17, 15) is 27.5 Å². The SMILES string of the molecule is Cc1csc(C2CCCN2C(=O)c2cc(C(=O)NC(Cc3cccc(F)c3)C(O)C3CCCN3)cc(C3CNCCS3(=O)=O)c2)n1. The molecular weight excluding hydrogens is 630 g/mol. The molecular formula is C33H40FN5O5S2. The first kappa shape index (κ1) is 32.7. The van der Waals surface area contributed by atoms with Crippen LogP contribution in [-0.4, -0.2) is 85.3 Å². The van der Waals surface area contributed by atoms with E-state index >= 15 is 0 Å². The Morgan fingerprint density at radius 1 is 1.15 bits per heavy atom. The van der Waals surface area contributed by atoms with Crippen molar-refractivity contribution in [3.05, 3.63) is 86.6 Å². The predicted molar refractivity (Wildman–Crippen MR) is 174 cm³/mol. The second-order valence-corrected chi connectivity index (χ2v) is 15.7. The van der Waals surface area contributed by atoms with Crippen molar-refractivity contribution in [1.29, 1.82) is 0 Å². The molecule has 3 aliphatic rings. The zero-order valence-corrected chi connectivity index (χ0v) is 27.4. The van der Waals surface area contributed by atoms with Crippen molar-refractivity contribution in [2.45, 2.75) is 68.5 Å². The van der Waals surface area contributed by atoms with Crippen molar-refractivity contribution < 1.29 is 27.5 Å². The molecule has 3 fully saturated rings. The summed E-state index contributed by atoms with van der Waals surface area (Å²) in [6.45, 7) is 3.68. The average Bonchev–Trinajstić information content (AvgIpc) is 3.82. The zero-order chi connectivity index (χ0) is 32.4. The summed E-state index contributed by atoms with van der Waals surface area (Å²) in [7, 11) is -3.54. The fraction of sp³-hybridized carbons (Fsp3) is 0.485. The lowest BCUT2D eigenvalue weighted by Crippen LogP contribution is -2.52. The van der Waals surface area contributed by atoms with Gasteiger partial charge in [-0.2, -0.15) is 0 Å². The monoisotopic (exact) mass is 669 g/mol. The number of carbonyl (C=O) groups is 2. The van der Waals surface area contributed by atoms with Crippen LogP contribution in [0.3, 0.4) is 0 Å². The van der Waals surface area contributed by atoms with Gasteiger partial charge in [-0.05, 0) is 87.0 Å². The Hall–Kier alpha value is -3.23. The molecule has 2 amide bonds. The molecule has 1 aromatic heterocycles. The van der Waals surface area contributed by atoms with Crippen LogP contribution < -0.4 is 16.0 Å². The van der Waals surface area contributed by atoms with Crippen LogP contribution in [0.15, 0.2) is 47.8 Å². The second kappa shape index (κ2) is 13.9. The van der Waals surface area contributed by atoms with Crippen molar-refractivity contribution in [2.24, 2.45) is 0 Å². The van der Waals surface area contributed by atoms with Gasteiger partial charge in [-0.15, -0.1) is 11.3 Å². The Bertz CT molecular complexity index is 1690. The summed E-state index contributed by atoms with van der Waals surface area (Å²) in [5.74, 6) is -1.31. The van der Waals surface area contributed by atoms with Crippen LogP contribution in [0.4, 0.5) is 4.39 Å². The Kier molecular flexibility index (Phi) is 9.85. The lowest BCUT2D eigenvalue weighted by molar-refractivity contribution is 0.0733. The summed E-state index contributed by atoms with van der Waals surface area (Å²) in [6, 6.07) is 9.46. The summed E-state index contributed by atoms with van der Waals surface area (Å²) in [4.78, 5) is 34.5. The number of aliphatic hydroxyl groups excluding tert-OH is 1. The molecule has 4 N–H and O–H groups in total. The largest absolute Gasteiger partial charge is 0.389 e. The van der Waals surface area contributed by atoms with Crippen LogP contribution in [0.2, 0.25) is 0 Å². The number of nitrogens with one attached hydrogen (secondary N) is 3. The molecule has 6 rings (SSSR count). The normalized spacial score (nSPS) is 24.1. The predicted octanol–water partition coefficient (Wildman–Crippen LogP) is 3.08. The number of halogens is 1. The number of sulfone groups is 1. The number of rotatable bonds is 9. The molecule has 10 nitrogen and oxygen atoms in total. The molecule has 0 aliphatic carbocycles. The molecule has 0 saturated carbocycles. The standard InChI is InChI=1S/C33H40FN5O5S2/c1-20-19-45-32(37-20)28-8-4-11-39(28)33(42)24-16-22(29-18-35-10-12-46(29,43)44)15-23(17-24)31(41)38-27(30(40)26-7-3-9-36-26)14-21-5-2-6-25(34)13-21/h2,5-6,13,15-17,19,26-30,35-36,40H,3-4,7-12,14,18H2,1H3,(H,38,41). The summed E-state index contributed by atoms with van der Waals surface area (Å²) in [5, 5.41) is 22.6. The van der Waals surface area contributed by atoms with E-state index in [1.165, 1.54) is 35.6 Å². The summed E-state index contributed by atoms with van der Waals surface area (Å²) < 4.78 is 40.4. The number of nitrogens with zero attached hydrogens (tertiary/aromatic N) is 2. The smallest absolute Gasteiger partial charge is 0.254 e. The van der Waals surface area contributed by atoms with Crippen LogP contribution in [0.5, 0.6) is 0 Å². The topological polar surface area (TPSA) is 141 Å². The van der Waals surface area contributed by atoms with Crippen molar-refractivity contribution in [3.63, 3.8) is 0 Å². The number of carbonyl (C=O) groups excluding carboxylic acids is 2. The molecule has 0 radical (unpaired) electrons. The van der Waals surface area contributed by atoms with E-state index in [1.807, 2.05) is 12.3 Å². The number of aryl methyl sites for hydroxylation is 1. The van der Waals surface area contributed by atoms with Gasteiger partial charge in [0.2, 0.25) is 0 Å². The number of likely N-dealkylation sites (tertiary alicyclic amines) is 1. The molecule has 46 heavy (non-hydrogen) atoms. The van der Waals surface area contributed by atoms with Crippen LogP contribution >= 0.6 is 11.3 Å². The van der Waals surface area contributed by atoms with E-state index in [0.717, 1.165) is 42.9 Å². The highest BCUT2D eigenvalue weighted by atomic mass is 32.2. The van der Waals surface area contributed by atoms with Crippen molar-refractivity contribution in [3.8, 4) is 0 Å². The molecule has 0 bridgehead atoms. The van der Waals surface area contributed by atoms with E-state index in [1.54, 1.807) is 23.1 Å². The number of hydrogen-bond acceptors (Lipinski definition) is 9. The molecule has 4 heterocycles. The number of aromatic nitrogens is 1. The van der Waals surface area contributed by atoms with E-state index in [4.69, 9.17) is 0 Å². The average molecular weight is 670 g/mol. The van der Waals surface area contributed by atoms with E-state index in [2.05, 4.69) is 20.9 Å². The maximum Gasteiger partial charge on any atom is 0.254 e. The van der Waals surface area contributed by atoms with Crippen LogP contribution in [0.25, 0.3) is 0 Å². The third kappa shape index (κ3) is 7.18. The molecule has 5 unspecified atom stereocenters. The maximum absolute atomic E-state index is 14.1. The van der Waals surface area contributed by atoms with Crippen LogP contribution in [-0.2, 0) is 16.3 Å². The number of hydrogen-bond donors (Lipinski definition) is 4. The third-order valence-electron chi connectivity index (χ3n) is 9.18.